The van der Waals surface area contributed by atoms with Crippen molar-refractivity contribution >= 4 is 21.4 Å². The molecular formula is C22H30N6O4S. The van der Waals surface area contributed by atoms with Crippen molar-refractivity contribution in [2.24, 2.45) is 0 Å². The quantitative estimate of drug-likeness (QED) is 0.482. The van der Waals surface area contributed by atoms with Crippen molar-refractivity contribution in [1.82, 2.24) is 19.1 Å². The number of nitrogens with zero attached hydrogens (tertiary/aromatic N) is 6. The van der Waals surface area contributed by atoms with E-state index in [2.05, 4.69) is 14.8 Å². The van der Waals surface area contributed by atoms with Crippen LogP contribution in [-0.4, -0.2) is 52.0 Å². The lowest BCUT2D eigenvalue weighted by atomic mass is 10.1. The standard InChI is InChI=1S/C22H30N6O4S/c29-28(30)20-16-17(33(31,32)25-12-4-2-5-13-25)10-11-18(20)26-15-7-8-19(26)22-24-23-21-9-3-1-6-14-27(21)22/h10-11,16,19H,1-9,12-15H2. The van der Waals surface area contributed by atoms with Gasteiger partial charge in [-0.1, -0.05) is 12.8 Å². The first kappa shape index (κ1) is 22.3. The maximum Gasteiger partial charge on any atom is 0.293 e. The average molecular weight is 475 g/mol. The van der Waals surface area contributed by atoms with Crippen LogP contribution in [0.1, 0.15) is 69.1 Å². The van der Waals surface area contributed by atoms with Gasteiger partial charge in [0.2, 0.25) is 10.0 Å². The van der Waals surface area contributed by atoms with Crippen LogP contribution in [0.25, 0.3) is 0 Å². The Morgan fingerprint density at radius 2 is 1.70 bits per heavy atom. The third-order valence-corrected chi connectivity index (χ3v) is 8.99. The van der Waals surface area contributed by atoms with Crippen LogP contribution < -0.4 is 4.90 Å². The topological polar surface area (TPSA) is 114 Å². The number of nitro benzene ring substituents is 1. The van der Waals surface area contributed by atoms with E-state index >= 15 is 0 Å². The molecule has 3 aliphatic rings. The lowest BCUT2D eigenvalue weighted by molar-refractivity contribution is -0.384. The molecule has 0 amide bonds. The Hall–Kier alpha value is -2.53. The van der Waals surface area contributed by atoms with Gasteiger partial charge in [-0.2, -0.15) is 4.31 Å². The fraction of sp³-hybridized carbons (Fsp3) is 0.636. The zero-order valence-electron chi connectivity index (χ0n) is 18.7. The molecule has 0 bridgehead atoms. The minimum Gasteiger partial charge on any atom is -0.356 e. The zero-order valence-corrected chi connectivity index (χ0v) is 19.5. The summed E-state index contributed by atoms with van der Waals surface area (Å²) in [6.07, 6.45) is 8.61. The van der Waals surface area contributed by atoms with Crippen LogP contribution in [0.4, 0.5) is 11.4 Å². The van der Waals surface area contributed by atoms with Crippen LogP contribution in [-0.2, 0) is 23.0 Å². The van der Waals surface area contributed by atoms with E-state index in [1.54, 1.807) is 6.07 Å². The largest absolute Gasteiger partial charge is 0.356 e. The highest BCUT2D eigenvalue weighted by molar-refractivity contribution is 7.89. The molecule has 0 N–H and O–H groups in total. The SMILES string of the molecule is O=[N+]([O-])c1cc(S(=O)(=O)N2CCCCC2)ccc1N1CCCC1c1nnc2n1CCCCC2. The molecule has 33 heavy (non-hydrogen) atoms. The van der Waals surface area contributed by atoms with Gasteiger partial charge in [-0.05, 0) is 50.7 Å². The lowest BCUT2D eigenvalue weighted by Gasteiger charge is -2.28. The first-order valence-electron chi connectivity index (χ1n) is 11.9. The Balaban J connectivity index is 1.50. The van der Waals surface area contributed by atoms with E-state index in [-0.39, 0.29) is 16.6 Å². The fourth-order valence-corrected chi connectivity index (χ4v) is 6.92. The van der Waals surface area contributed by atoms with Crippen LogP contribution in [0.15, 0.2) is 23.1 Å². The number of anilines is 1. The van der Waals surface area contributed by atoms with Gasteiger partial charge in [-0.3, -0.25) is 10.1 Å². The molecule has 1 aromatic heterocycles. The van der Waals surface area contributed by atoms with E-state index < -0.39 is 14.9 Å². The molecule has 2 saturated heterocycles. The van der Waals surface area contributed by atoms with Crippen molar-refractivity contribution in [2.75, 3.05) is 24.5 Å². The summed E-state index contributed by atoms with van der Waals surface area (Å²) >= 11 is 0. The van der Waals surface area contributed by atoms with Crippen molar-refractivity contribution in [3.8, 4) is 0 Å². The third-order valence-electron chi connectivity index (χ3n) is 7.09. The molecule has 2 fully saturated rings. The minimum absolute atomic E-state index is 0.00746. The molecule has 0 radical (unpaired) electrons. The zero-order chi connectivity index (χ0) is 23.0. The molecule has 1 unspecified atom stereocenters. The predicted molar refractivity (Wildman–Crippen MR) is 123 cm³/mol. The van der Waals surface area contributed by atoms with Crippen molar-refractivity contribution in [2.45, 2.75) is 75.3 Å². The van der Waals surface area contributed by atoms with E-state index in [9.17, 15) is 18.5 Å². The molecule has 1 aromatic carbocycles. The molecule has 0 saturated carbocycles. The summed E-state index contributed by atoms with van der Waals surface area (Å²) in [7, 11) is -3.75. The second-order valence-electron chi connectivity index (χ2n) is 9.16. The van der Waals surface area contributed by atoms with Gasteiger partial charge in [0.1, 0.15) is 11.5 Å². The number of rotatable bonds is 5. The second kappa shape index (κ2) is 9.02. The molecule has 3 aliphatic heterocycles. The predicted octanol–water partition coefficient (Wildman–Crippen LogP) is 3.43. The number of aromatic nitrogens is 3. The van der Waals surface area contributed by atoms with Gasteiger partial charge in [0.15, 0.2) is 5.82 Å². The molecule has 5 rings (SSSR count). The number of piperidine rings is 1. The maximum absolute atomic E-state index is 13.1. The number of nitro groups is 1. The third kappa shape index (κ3) is 4.12. The summed E-state index contributed by atoms with van der Waals surface area (Å²) in [5, 5.41) is 20.9. The van der Waals surface area contributed by atoms with Gasteiger partial charge in [0.25, 0.3) is 5.69 Å². The molecule has 178 valence electrons. The number of sulfonamides is 1. The van der Waals surface area contributed by atoms with E-state index in [0.29, 0.717) is 25.3 Å². The molecule has 2 aromatic rings. The molecular weight excluding hydrogens is 444 g/mol. The van der Waals surface area contributed by atoms with Crippen LogP contribution >= 0.6 is 0 Å². The Bertz CT molecular complexity index is 1140. The van der Waals surface area contributed by atoms with Gasteiger partial charge < -0.3 is 9.47 Å². The normalized spacial score (nSPS) is 22.2. The minimum atomic E-state index is -3.75. The second-order valence-corrected chi connectivity index (χ2v) is 11.1. The highest BCUT2D eigenvalue weighted by Gasteiger charge is 2.36. The van der Waals surface area contributed by atoms with Crippen LogP contribution in [0.2, 0.25) is 0 Å². The molecule has 1 atom stereocenters. The molecule has 0 aliphatic carbocycles. The lowest BCUT2D eigenvalue weighted by Crippen LogP contribution is -2.35. The summed E-state index contributed by atoms with van der Waals surface area (Å²) in [4.78, 5) is 13.6. The average Bonchev–Trinajstić information content (AvgIpc) is 3.39. The molecule has 10 nitrogen and oxygen atoms in total. The smallest absolute Gasteiger partial charge is 0.293 e. The maximum atomic E-state index is 13.1. The Morgan fingerprint density at radius 3 is 2.48 bits per heavy atom. The highest BCUT2D eigenvalue weighted by atomic mass is 32.2. The van der Waals surface area contributed by atoms with Crippen molar-refractivity contribution < 1.29 is 13.3 Å². The van der Waals surface area contributed by atoms with Crippen molar-refractivity contribution in [3.05, 3.63) is 40.0 Å². The summed E-state index contributed by atoms with van der Waals surface area (Å²) in [5.41, 5.74) is 0.279. The van der Waals surface area contributed by atoms with Gasteiger partial charge in [-0.25, -0.2) is 8.42 Å². The van der Waals surface area contributed by atoms with Gasteiger partial charge >= 0.3 is 0 Å². The summed E-state index contributed by atoms with van der Waals surface area (Å²) < 4.78 is 29.8. The monoisotopic (exact) mass is 474 g/mol. The van der Waals surface area contributed by atoms with Crippen LogP contribution in [0.5, 0.6) is 0 Å². The number of fused-ring (bicyclic) bond motifs is 1. The van der Waals surface area contributed by atoms with Gasteiger partial charge in [0.05, 0.1) is 15.9 Å². The number of aryl methyl sites for hydroxylation is 1. The van der Waals surface area contributed by atoms with Gasteiger partial charge in [-0.15, -0.1) is 10.2 Å². The Labute approximate surface area is 193 Å². The van der Waals surface area contributed by atoms with E-state index in [1.165, 1.54) is 16.4 Å². The Morgan fingerprint density at radius 1 is 0.939 bits per heavy atom. The van der Waals surface area contributed by atoms with E-state index in [1.807, 2.05) is 4.90 Å². The highest BCUT2D eigenvalue weighted by Crippen LogP contribution is 2.41. The van der Waals surface area contributed by atoms with E-state index in [4.69, 9.17) is 0 Å². The number of benzene rings is 1. The molecule has 11 heteroatoms. The first-order valence-corrected chi connectivity index (χ1v) is 13.4. The summed E-state index contributed by atoms with van der Waals surface area (Å²) in [5.74, 6) is 1.86. The van der Waals surface area contributed by atoms with Crippen LogP contribution in [0.3, 0.4) is 0 Å². The van der Waals surface area contributed by atoms with Crippen molar-refractivity contribution in [1.29, 1.82) is 0 Å². The Kier molecular flexibility index (Phi) is 6.09. The van der Waals surface area contributed by atoms with Gasteiger partial charge in [0, 0.05) is 38.7 Å². The number of hydrogen-bond acceptors (Lipinski definition) is 7. The van der Waals surface area contributed by atoms with Crippen molar-refractivity contribution in [3.63, 3.8) is 0 Å². The molecule has 0 spiro atoms. The fourth-order valence-electron chi connectivity index (χ4n) is 5.38. The summed E-state index contributed by atoms with van der Waals surface area (Å²) in [6, 6.07) is 4.25. The molecule has 4 heterocycles. The first-order chi connectivity index (χ1) is 16.0. The van der Waals surface area contributed by atoms with E-state index in [0.717, 1.165) is 76.0 Å². The van der Waals surface area contributed by atoms with Crippen LogP contribution in [0, 0.1) is 10.1 Å². The summed E-state index contributed by atoms with van der Waals surface area (Å²) in [6.45, 7) is 2.46. The number of hydrogen-bond donors (Lipinski definition) is 0.